The summed E-state index contributed by atoms with van der Waals surface area (Å²) in [6.07, 6.45) is 0. The Morgan fingerprint density at radius 2 is 0.420 bits per heavy atom. The van der Waals surface area contributed by atoms with Gasteiger partial charge in [-0.05, 0) is 52.6 Å². The van der Waals surface area contributed by atoms with E-state index in [4.69, 9.17) is 30.6 Å². The first-order valence-electron chi connectivity index (χ1n) is 13.8. The average Bonchev–Trinajstić information content (AvgIpc) is 3.06. The van der Waals surface area contributed by atoms with Crippen LogP contribution < -0.4 is 0 Å². The summed E-state index contributed by atoms with van der Waals surface area (Å²) in [5.41, 5.74) is 0.0583. The number of carboxylic acids is 6. The minimum absolute atomic E-state index is 0. The van der Waals surface area contributed by atoms with E-state index in [1.807, 2.05) is 0 Å². The Bertz CT molecular complexity index is 1880. The van der Waals surface area contributed by atoms with Gasteiger partial charge in [0.25, 0.3) is 0 Å². The minimum Gasteiger partial charge on any atom is -0.478 e. The Morgan fingerprint density at radius 1 is 0.280 bits per heavy atom. The third-order valence-electron chi connectivity index (χ3n) is 7.10. The van der Waals surface area contributed by atoms with Crippen LogP contribution in [-0.2, 0) is 33.6 Å². The van der Waals surface area contributed by atoms with Crippen molar-refractivity contribution < 1.29 is 93.0 Å². The van der Waals surface area contributed by atoms with Crippen LogP contribution in [0.2, 0.25) is 0 Å². The van der Waals surface area contributed by atoms with Crippen molar-refractivity contribution in [3.63, 3.8) is 0 Å². The van der Waals surface area contributed by atoms with Gasteiger partial charge >= 0.3 is 35.8 Å². The van der Waals surface area contributed by atoms with Crippen LogP contribution in [0.15, 0.2) is 109 Å². The molecule has 0 aliphatic carbocycles. The molecule has 6 rings (SSSR count). The van der Waals surface area contributed by atoms with E-state index >= 15 is 0 Å². The molecule has 0 saturated carbocycles. The van der Waals surface area contributed by atoms with Crippen molar-refractivity contribution in [2.24, 2.45) is 0 Å². The largest absolute Gasteiger partial charge is 0.478 e. The Balaban J connectivity index is 0.000000255. The van der Waals surface area contributed by atoms with Crippen LogP contribution in [0, 0.1) is 0 Å². The first kappa shape index (κ1) is 40.1. The molecule has 0 saturated heterocycles. The summed E-state index contributed by atoms with van der Waals surface area (Å²) >= 11 is 0. The average molecular weight is 766 g/mol. The van der Waals surface area contributed by atoms with Crippen LogP contribution in [0.4, 0.5) is 0 Å². The van der Waals surface area contributed by atoms with Crippen molar-refractivity contribution in [3.05, 3.63) is 143 Å². The zero-order valence-electron chi connectivity index (χ0n) is 25.2. The number of carboxylic acid groups (broad SMARTS) is 6. The Kier molecular flexibility index (Phi) is 13.9. The summed E-state index contributed by atoms with van der Waals surface area (Å²) in [7, 11) is 0. The molecule has 0 aliphatic heterocycles. The van der Waals surface area contributed by atoms with E-state index in [9.17, 15) is 28.8 Å². The molecular weight excluding hydrogens is 742 g/mol. The van der Waals surface area contributed by atoms with Gasteiger partial charge in [-0.1, -0.05) is 72.8 Å². The third kappa shape index (κ3) is 8.69. The van der Waals surface area contributed by atoms with Gasteiger partial charge in [0.2, 0.25) is 0 Å². The second-order valence-corrected chi connectivity index (χ2v) is 9.96. The van der Waals surface area contributed by atoms with Crippen molar-refractivity contribution in [1.29, 1.82) is 0 Å². The van der Waals surface area contributed by atoms with Crippen molar-refractivity contribution in [2.45, 2.75) is 0 Å². The second-order valence-electron chi connectivity index (χ2n) is 9.96. The van der Waals surface area contributed by atoms with E-state index < -0.39 is 35.8 Å². The van der Waals surface area contributed by atoms with Gasteiger partial charge in [-0.15, -0.1) is 0 Å². The summed E-state index contributed by atoms with van der Waals surface area (Å²) < 4.78 is 0. The van der Waals surface area contributed by atoms with Gasteiger partial charge in [-0.3, -0.25) is 0 Å². The van der Waals surface area contributed by atoms with Gasteiger partial charge in [0.15, 0.2) is 0 Å². The smallest absolute Gasteiger partial charge is 0.336 e. The molecule has 0 aromatic heterocycles. The standard InChI is InChI=1S/3C12H8O4.2Co/c3*13-11(14)8-5-1-3-7-4-2-6-9(10(7)8)12(15)16;;/h3*1-6H,(H,13,14)(H,15,16);;. The zero-order chi connectivity index (χ0) is 35.1. The maximum atomic E-state index is 11.0. The summed E-state index contributed by atoms with van der Waals surface area (Å²) in [6.45, 7) is 0. The molecule has 2 radical (unpaired) electrons. The van der Waals surface area contributed by atoms with E-state index in [2.05, 4.69) is 0 Å². The Hall–Kier alpha value is -6.07. The van der Waals surface area contributed by atoms with E-state index in [1.54, 1.807) is 72.8 Å². The molecule has 258 valence electrons. The van der Waals surface area contributed by atoms with Crippen LogP contribution in [0.25, 0.3) is 32.3 Å². The number of carbonyl (C=O) groups is 6. The number of hydrogen-bond donors (Lipinski definition) is 6. The first-order chi connectivity index (χ1) is 22.8. The van der Waals surface area contributed by atoms with Crippen LogP contribution in [-0.4, -0.2) is 66.5 Å². The molecule has 6 N–H and O–H groups in total. The Labute approximate surface area is 302 Å². The van der Waals surface area contributed by atoms with Gasteiger partial charge in [0, 0.05) is 49.7 Å². The summed E-state index contributed by atoms with van der Waals surface area (Å²) in [6, 6.07) is 28.1. The number of benzene rings is 6. The minimum atomic E-state index is -1.13. The molecule has 0 atom stereocenters. The van der Waals surface area contributed by atoms with E-state index in [0.29, 0.717) is 16.2 Å². The predicted molar refractivity (Wildman–Crippen MR) is 174 cm³/mol. The van der Waals surface area contributed by atoms with Crippen molar-refractivity contribution in [1.82, 2.24) is 0 Å². The summed E-state index contributed by atoms with van der Waals surface area (Å²) in [4.78, 5) is 66.0. The number of rotatable bonds is 6. The van der Waals surface area contributed by atoms with E-state index in [0.717, 1.165) is 0 Å². The van der Waals surface area contributed by atoms with Crippen molar-refractivity contribution >= 4 is 68.1 Å². The molecule has 0 heterocycles. The SMILES string of the molecule is O=C(O)c1cccc2cccc(C(=O)O)c12.O=C(O)c1cccc2cccc(C(=O)O)c12.O=C(O)c1cccc2cccc(C(=O)O)c12.[Co].[Co]. The van der Waals surface area contributed by atoms with Crippen molar-refractivity contribution in [3.8, 4) is 0 Å². The fourth-order valence-corrected chi connectivity index (χ4v) is 5.09. The normalized spacial score (nSPS) is 9.84. The molecule has 0 unspecified atom stereocenters. The fraction of sp³-hybridized carbons (Fsp3) is 0. The van der Waals surface area contributed by atoms with Gasteiger partial charge in [0.1, 0.15) is 0 Å². The molecule has 50 heavy (non-hydrogen) atoms. The van der Waals surface area contributed by atoms with Crippen LogP contribution in [0.1, 0.15) is 62.1 Å². The van der Waals surface area contributed by atoms with Crippen LogP contribution >= 0.6 is 0 Å². The monoisotopic (exact) mass is 766 g/mol. The molecule has 6 aromatic rings. The topological polar surface area (TPSA) is 224 Å². The maximum Gasteiger partial charge on any atom is 0.336 e. The maximum absolute atomic E-state index is 11.0. The number of fused-ring (bicyclic) bond motifs is 3. The molecule has 12 nitrogen and oxygen atoms in total. The predicted octanol–water partition coefficient (Wildman–Crippen LogP) is 6.70. The van der Waals surface area contributed by atoms with Gasteiger partial charge in [0.05, 0.1) is 33.4 Å². The molecule has 14 heteroatoms. The van der Waals surface area contributed by atoms with Crippen LogP contribution in [0.5, 0.6) is 0 Å². The molecule has 0 bridgehead atoms. The molecular formula is C36H24Co2O12. The second kappa shape index (κ2) is 17.4. The summed E-state index contributed by atoms with van der Waals surface area (Å²) in [5, 5.41) is 56.6. The number of hydrogen-bond acceptors (Lipinski definition) is 6. The molecule has 0 fully saturated rings. The molecule has 0 spiro atoms. The van der Waals surface area contributed by atoms with Crippen molar-refractivity contribution in [2.75, 3.05) is 0 Å². The van der Waals surface area contributed by atoms with Gasteiger partial charge in [-0.25, -0.2) is 28.8 Å². The third-order valence-corrected chi connectivity index (χ3v) is 7.10. The first-order valence-corrected chi connectivity index (χ1v) is 13.8. The van der Waals surface area contributed by atoms with E-state index in [-0.39, 0.29) is 83.1 Å². The van der Waals surface area contributed by atoms with Crippen LogP contribution in [0.3, 0.4) is 0 Å². The molecule has 6 aromatic carbocycles. The number of aromatic carboxylic acids is 6. The summed E-state index contributed by atoms with van der Waals surface area (Å²) in [5.74, 6) is -6.75. The van der Waals surface area contributed by atoms with E-state index in [1.165, 1.54) is 36.4 Å². The molecule has 0 aliphatic rings. The van der Waals surface area contributed by atoms with Gasteiger partial charge in [-0.2, -0.15) is 0 Å². The van der Waals surface area contributed by atoms with Gasteiger partial charge < -0.3 is 30.6 Å². The Morgan fingerprint density at radius 3 is 0.540 bits per heavy atom. The molecule has 0 amide bonds. The fourth-order valence-electron chi connectivity index (χ4n) is 5.09. The quantitative estimate of drug-likeness (QED) is 0.104. The zero-order valence-corrected chi connectivity index (χ0v) is 27.3.